The van der Waals surface area contributed by atoms with Gasteiger partial charge in [0.15, 0.2) is 5.82 Å². The molecule has 0 aliphatic carbocycles. The number of benzene rings is 2. The molecular formula is C17H15Cl2N5OS. The fourth-order valence-corrected chi connectivity index (χ4v) is 3.30. The van der Waals surface area contributed by atoms with Crippen molar-refractivity contribution in [1.82, 2.24) is 14.9 Å². The van der Waals surface area contributed by atoms with Crippen molar-refractivity contribution in [2.75, 3.05) is 16.9 Å². The van der Waals surface area contributed by atoms with Crippen LogP contribution in [0.3, 0.4) is 0 Å². The van der Waals surface area contributed by atoms with Crippen LogP contribution in [0.15, 0.2) is 47.6 Å². The zero-order valence-electron chi connectivity index (χ0n) is 13.7. The third-order valence-corrected chi connectivity index (χ3v) is 5.09. The highest BCUT2D eigenvalue weighted by Crippen LogP contribution is 2.27. The Morgan fingerprint density at radius 2 is 2.00 bits per heavy atom. The van der Waals surface area contributed by atoms with E-state index in [1.165, 1.54) is 16.4 Å². The molecule has 0 saturated heterocycles. The minimum atomic E-state index is -0.192. The van der Waals surface area contributed by atoms with Crippen molar-refractivity contribution >= 4 is 46.6 Å². The molecule has 3 aromatic rings. The number of halogens is 2. The van der Waals surface area contributed by atoms with E-state index in [-0.39, 0.29) is 11.7 Å². The lowest BCUT2D eigenvalue weighted by atomic mass is 10.2. The third-order valence-electron chi connectivity index (χ3n) is 3.59. The number of hydrogen-bond donors (Lipinski definition) is 2. The molecule has 1 heterocycles. The second-order valence-electron chi connectivity index (χ2n) is 5.45. The van der Waals surface area contributed by atoms with E-state index in [2.05, 4.69) is 15.5 Å². The molecule has 0 atom stereocenters. The summed E-state index contributed by atoms with van der Waals surface area (Å²) in [4.78, 5) is 12.2. The van der Waals surface area contributed by atoms with Crippen LogP contribution in [0.4, 0.5) is 5.69 Å². The van der Waals surface area contributed by atoms with Gasteiger partial charge < -0.3 is 11.2 Å². The molecule has 0 radical (unpaired) electrons. The number of thioether (sulfide) groups is 1. The first-order chi connectivity index (χ1) is 12.5. The number of amides is 1. The molecule has 6 nitrogen and oxygen atoms in total. The fourth-order valence-electron chi connectivity index (χ4n) is 2.25. The molecule has 9 heteroatoms. The third kappa shape index (κ3) is 4.12. The van der Waals surface area contributed by atoms with E-state index in [9.17, 15) is 4.79 Å². The van der Waals surface area contributed by atoms with Gasteiger partial charge in [-0.25, -0.2) is 4.68 Å². The largest absolute Gasteiger partial charge is 0.335 e. The second kappa shape index (κ2) is 7.99. The smallest absolute Gasteiger partial charge is 0.234 e. The van der Waals surface area contributed by atoms with Crippen LogP contribution in [0.1, 0.15) is 5.56 Å². The molecule has 0 fully saturated rings. The Kier molecular flexibility index (Phi) is 5.70. The molecule has 0 spiro atoms. The summed E-state index contributed by atoms with van der Waals surface area (Å²) in [6.45, 7) is 1.89. The monoisotopic (exact) mass is 407 g/mol. The number of aryl methyl sites for hydroxylation is 1. The lowest BCUT2D eigenvalue weighted by Crippen LogP contribution is -2.17. The number of nitrogens with two attached hydrogens (primary N) is 1. The van der Waals surface area contributed by atoms with Crippen LogP contribution >= 0.6 is 35.0 Å². The lowest BCUT2D eigenvalue weighted by molar-refractivity contribution is -0.113. The summed E-state index contributed by atoms with van der Waals surface area (Å²) in [5.74, 6) is 6.42. The zero-order valence-corrected chi connectivity index (χ0v) is 16.1. The molecule has 0 aliphatic heterocycles. The molecule has 3 N–H and O–H groups in total. The van der Waals surface area contributed by atoms with E-state index in [1.807, 2.05) is 25.1 Å². The summed E-state index contributed by atoms with van der Waals surface area (Å²) in [7, 11) is 0. The van der Waals surface area contributed by atoms with E-state index < -0.39 is 0 Å². The van der Waals surface area contributed by atoms with Gasteiger partial charge in [-0.15, -0.1) is 10.2 Å². The Morgan fingerprint density at radius 1 is 1.23 bits per heavy atom. The Bertz CT molecular complexity index is 960. The summed E-state index contributed by atoms with van der Waals surface area (Å²) in [6.07, 6.45) is 0. The predicted molar refractivity (Wildman–Crippen MR) is 106 cm³/mol. The Hall–Kier alpha value is -2.22. The van der Waals surface area contributed by atoms with Crippen molar-refractivity contribution in [2.24, 2.45) is 0 Å². The number of anilines is 1. The van der Waals surface area contributed by atoms with Gasteiger partial charge in [0, 0.05) is 16.3 Å². The van der Waals surface area contributed by atoms with Crippen molar-refractivity contribution < 1.29 is 4.79 Å². The van der Waals surface area contributed by atoms with Gasteiger partial charge in [-0.1, -0.05) is 53.2 Å². The van der Waals surface area contributed by atoms with Gasteiger partial charge in [-0.2, -0.15) is 0 Å². The first kappa shape index (κ1) is 18.6. The molecule has 26 heavy (non-hydrogen) atoms. The first-order valence-electron chi connectivity index (χ1n) is 7.60. The average molecular weight is 408 g/mol. The number of carbonyl (C=O) groups excluding carboxylic acids is 1. The summed E-state index contributed by atoms with van der Waals surface area (Å²) in [6, 6.07) is 12.5. The zero-order chi connectivity index (χ0) is 18.7. The second-order valence-corrected chi connectivity index (χ2v) is 7.24. The van der Waals surface area contributed by atoms with E-state index in [0.717, 1.165) is 5.56 Å². The van der Waals surface area contributed by atoms with Crippen molar-refractivity contribution in [3.8, 4) is 11.4 Å². The molecule has 2 aromatic carbocycles. The van der Waals surface area contributed by atoms with E-state index in [0.29, 0.717) is 32.3 Å². The average Bonchev–Trinajstić information content (AvgIpc) is 2.97. The summed E-state index contributed by atoms with van der Waals surface area (Å²) >= 11 is 13.3. The quantitative estimate of drug-likeness (QED) is 0.492. The number of carbonyl (C=O) groups is 1. The summed E-state index contributed by atoms with van der Waals surface area (Å²) in [5, 5.41) is 12.4. The standard InChI is InChI=1S/C17H15Cl2N5OS/c1-10-6-7-11(18)8-14(10)21-15(25)9-26-17-23-22-16(24(17)20)12-4-2-3-5-13(12)19/h2-8H,9,20H2,1H3,(H,21,25). The molecule has 1 aromatic heterocycles. The normalized spacial score (nSPS) is 10.7. The van der Waals surface area contributed by atoms with Crippen LogP contribution in [0.25, 0.3) is 11.4 Å². The number of rotatable bonds is 5. The van der Waals surface area contributed by atoms with Crippen LogP contribution < -0.4 is 11.2 Å². The van der Waals surface area contributed by atoms with Gasteiger partial charge >= 0.3 is 0 Å². The highest BCUT2D eigenvalue weighted by Gasteiger charge is 2.16. The molecule has 1 amide bonds. The Labute approximate surface area is 164 Å². The van der Waals surface area contributed by atoms with Crippen molar-refractivity contribution in [3.05, 3.63) is 58.1 Å². The fraction of sp³-hybridized carbons (Fsp3) is 0.118. The SMILES string of the molecule is Cc1ccc(Cl)cc1NC(=O)CSc1nnc(-c2ccccc2Cl)n1N. The number of nitrogens with one attached hydrogen (secondary N) is 1. The molecule has 0 aliphatic rings. The highest BCUT2D eigenvalue weighted by molar-refractivity contribution is 7.99. The molecule has 0 unspecified atom stereocenters. The maximum absolute atomic E-state index is 12.2. The minimum absolute atomic E-state index is 0.129. The molecule has 0 bridgehead atoms. The number of aromatic nitrogens is 3. The van der Waals surface area contributed by atoms with Gasteiger partial charge in [-0.3, -0.25) is 4.79 Å². The van der Waals surface area contributed by atoms with Crippen LogP contribution in [0.5, 0.6) is 0 Å². The maximum Gasteiger partial charge on any atom is 0.234 e. The Balaban J connectivity index is 1.68. The minimum Gasteiger partial charge on any atom is -0.335 e. The van der Waals surface area contributed by atoms with Gasteiger partial charge in [-0.05, 0) is 36.8 Å². The van der Waals surface area contributed by atoms with Gasteiger partial charge in [0.1, 0.15) is 0 Å². The molecule has 3 rings (SSSR count). The van der Waals surface area contributed by atoms with Crippen molar-refractivity contribution in [2.45, 2.75) is 12.1 Å². The van der Waals surface area contributed by atoms with Gasteiger partial charge in [0.2, 0.25) is 11.1 Å². The highest BCUT2D eigenvalue weighted by atomic mass is 35.5. The summed E-state index contributed by atoms with van der Waals surface area (Å²) in [5.41, 5.74) is 2.28. The van der Waals surface area contributed by atoms with Crippen LogP contribution in [-0.2, 0) is 4.79 Å². The van der Waals surface area contributed by atoms with Crippen LogP contribution in [-0.4, -0.2) is 26.5 Å². The predicted octanol–water partition coefficient (Wildman–Crippen LogP) is 4.00. The summed E-state index contributed by atoms with van der Waals surface area (Å²) < 4.78 is 1.32. The van der Waals surface area contributed by atoms with Crippen molar-refractivity contribution in [1.29, 1.82) is 0 Å². The van der Waals surface area contributed by atoms with E-state index >= 15 is 0 Å². The Morgan fingerprint density at radius 3 is 2.77 bits per heavy atom. The number of hydrogen-bond acceptors (Lipinski definition) is 5. The molecular weight excluding hydrogens is 393 g/mol. The number of nitrogen functional groups attached to an aromatic ring is 1. The number of nitrogens with zero attached hydrogens (tertiary/aromatic N) is 3. The lowest BCUT2D eigenvalue weighted by Gasteiger charge is -2.08. The first-order valence-corrected chi connectivity index (χ1v) is 9.34. The van der Waals surface area contributed by atoms with Gasteiger partial charge in [0.05, 0.1) is 10.8 Å². The van der Waals surface area contributed by atoms with E-state index in [1.54, 1.807) is 24.3 Å². The van der Waals surface area contributed by atoms with Crippen LogP contribution in [0, 0.1) is 6.92 Å². The molecule has 134 valence electrons. The topological polar surface area (TPSA) is 85.8 Å². The van der Waals surface area contributed by atoms with Crippen LogP contribution in [0.2, 0.25) is 10.0 Å². The molecule has 0 saturated carbocycles. The van der Waals surface area contributed by atoms with Crippen molar-refractivity contribution in [3.63, 3.8) is 0 Å². The maximum atomic E-state index is 12.2. The van der Waals surface area contributed by atoms with E-state index in [4.69, 9.17) is 29.0 Å². The van der Waals surface area contributed by atoms with Gasteiger partial charge in [0.25, 0.3) is 0 Å².